The molecule has 0 aliphatic carbocycles. The van der Waals surface area contributed by atoms with Crippen LogP contribution < -0.4 is 0 Å². The molecule has 12 heavy (non-hydrogen) atoms. The highest BCUT2D eigenvalue weighted by Gasteiger charge is 1.97. The Morgan fingerprint density at radius 3 is 2.50 bits per heavy atom. The first-order valence-electron chi connectivity index (χ1n) is 4.74. The average molecular weight is 184 g/mol. The Morgan fingerprint density at radius 2 is 2.08 bits per heavy atom. The van der Waals surface area contributed by atoms with Crippen LogP contribution in [-0.4, -0.2) is 0 Å². The van der Waals surface area contributed by atoms with Gasteiger partial charge in [0.15, 0.2) is 0 Å². The Hall–Kier alpha value is -0.170. The summed E-state index contributed by atoms with van der Waals surface area (Å²) < 4.78 is 0. The van der Waals surface area contributed by atoms with Gasteiger partial charge in [0.05, 0.1) is 0 Å². The zero-order valence-corrected chi connectivity index (χ0v) is 9.27. The van der Waals surface area contributed by atoms with Gasteiger partial charge in [0.25, 0.3) is 0 Å². The summed E-state index contributed by atoms with van der Waals surface area (Å²) in [7, 11) is 0. The van der Waals surface area contributed by atoms with Crippen LogP contribution in [-0.2, 0) is 0 Å². The molecule has 0 rings (SSSR count). The minimum absolute atomic E-state index is 0.749. The fourth-order valence-corrected chi connectivity index (χ4v) is 1.25. The van der Waals surface area contributed by atoms with Crippen LogP contribution in [0.3, 0.4) is 0 Å². The monoisotopic (exact) mass is 184 g/mol. The van der Waals surface area contributed by atoms with Crippen molar-refractivity contribution in [3.8, 4) is 0 Å². The molecular weight excluding hydrogens is 164 g/mol. The maximum Gasteiger partial charge on any atom is -0.0215 e. The summed E-state index contributed by atoms with van der Waals surface area (Å²) in [5, 5.41) is 0. The van der Waals surface area contributed by atoms with E-state index in [0.29, 0.717) is 0 Å². The summed E-state index contributed by atoms with van der Waals surface area (Å²) in [6, 6.07) is 0. The van der Waals surface area contributed by atoms with Crippen LogP contribution in [0.4, 0.5) is 0 Å². The van der Waals surface area contributed by atoms with E-state index in [4.69, 9.17) is 0 Å². The van der Waals surface area contributed by atoms with Crippen molar-refractivity contribution in [1.82, 2.24) is 0 Å². The summed E-state index contributed by atoms with van der Waals surface area (Å²) in [5.74, 6) is 0.749. The highest BCUT2D eigenvalue weighted by molar-refractivity contribution is 7.84. The predicted octanol–water partition coefficient (Wildman–Crippen LogP) is 4.20. The lowest BCUT2D eigenvalue weighted by Gasteiger charge is -2.06. The zero-order valence-electron chi connectivity index (χ0n) is 8.38. The van der Waals surface area contributed by atoms with Gasteiger partial charge in [-0.05, 0) is 30.6 Å². The molecular formula is C11H20S. The third-order valence-electron chi connectivity index (χ3n) is 1.90. The summed E-state index contributed by atoms with van der Waals surface area (Å²) in [4.78, 5) is 1.07. The standard InChI is InChI=1S/C11H20S/c1-4-7-11(5-2)9-6-8-10(3)12/h6,8-9,11-12H,4-5,7H2,1-3H3/b9-6+,10-8-. The molecule has 0 amide bonds. The van der Waals surface area contributed by atoms with Gasteiger partial charge in [0.2, 0.25) is 0 Å². The van der Waals surface area contributed by atoms with Crippen LogP contribution in [0, 0.1) is 5.92 Å². The van der Waals surface area contributed by atoms with Crippen molar-refractivity contribution < 1.29 is 0 Å². The molecule has 0 aromatic carbocycles. The molecule has 1 unspecified atom stereocenters. The summed E-state index contributed by atoms with van der Waals surface area (Å²) in [6.45, 7) is 6.46. The van der Waals surface area contributed by atoms with Crippen LogP contribution in [0.5, 0.6) is 0 Å². The van der Waals surface area contributed by atoms with Crippen molar-refractivity contribution in [3.05, 3.63) is 23.1 Å². The van der Waals surface area contributed by atoms with E-state index in [1.807, 2.05) is 13.0 Å². The fraction of sp³-hybridized carbons (Fsp3) is 0.636. The Balaban J connectivity index is 3.84. The van der Waals surface area contributed by atoms with Crippen molar-refractivity contribution in [1.29, 1.82) is 0 Å². The SMILES string of the molecule is CCCC(/C=C/C=C(/C)S)CC. The number of rotatable bonds is 5. The van der Waals surface area contributed by atoms with Gasteiger partial charge in [0.1, 0.15) is 0 Å². The Morgan fingerprint density at radius 1 is 1.42 bits per heavy atom. The largest absolute Gasteiger partial charge is 0.148 e. The van der Waals surface area contributed by atoms with E-state index in [0.717, 1.165) is 10.8 Å². The Labute approximate surface area is 82.2 Å². The molecule has 0 bridgehead atoms. The van der Waals surface area contributed by atoms with E-state index in [9.17, 15) is 0 Å². The van der Waals surface area contributed by atoms with E-state index >= 15 is 0 Å². The molecule has 0 saturated heterocycles. The van der Waals surface area contributed by atoms with Gasteiger partial charge < -0.3 is 0 Å². The molecule has 0 aliphatic rings. The van der Waals surface area contributed by atoms with Crippen molar-refractivity contribution in [2.75, 3.05) is 0 Å². The first-order chi connectivity index (χ1) is 5.70. The van der Waals surface area contributed by atoms with Gasteiger partial charge in [0, 0.05) is 0 Å². The molecule has 0 saturated carbocycles. The number of allylic oxidation sites excluding steroid dienone is 4. The normalized spacial score (nSPS) is 15.5. The number of hydrogen-bond acceptors (Lipinski definition) is 1. The molecule has 1 atom stereocenters. The molecule has 0 aliphatic heterocycles. The molecule has 0 aromatic heterocycles. The first-order valence-corrected chi connectivity index (χ1v) is 5.19. The quantitative estimate of drug-likeness (QED) is 0.480. The summed E-state index contributed by atoms with van der Waals surface area (Å²) in [6.07, 6.45) is 10.2. The molecule has 1 heteroatoms. The third kappa shape index (κ3) is 6.53. The molecule has 0 N–H and O–H groups in total. The topological polar surface area (TPSA) is 0 Å². The maximum absolute atomic E-state index is 4.19. The third-order valence-corrected chi connectivity index (χ3v) is 2.05. The lowest BCUT2D eigenvalue weighted by atomic mass is 10.0. The van der Waals surface area contributed by atoms with Gasteiger partial charge in [-0.25, -0.2) is 0 Å². The fourth-order valence-electron chi connectivity index (χ4n) is 1.16. The van der Waals surface area contributed by atoms with Gasteiger partial charge in [-0.15, -0.1) is 12.6 Å². The minimum Gasteiger partial charge on any atom is -0.148 e. The molecule has 0 heterocycles. The van der Waals surface area contributed by atoms with Crippen LogP contribution in [0.15, 0.2) is 23.1 Å². The second-order valence-corrected chi connectivity index (χ2v) is 3.86. The lowest BCUT2D eigenvalue weighted by Crippen LogP contribution is -1.91. The van der Waals surface area contributed by atoms with Gasteiger partial charge >= 0.3 is 0 Å². The Bertz CT molecular complexity index is 152. The summed E-state index contributed by atoms with van der Waals surface area (Å²) >= 11 is 4.19. The van der Waals surface area contributed by atoms with Crippen LogP contribution >= 0.6 is 12.6 Å². The van der Waals surface area contributed by atoms with E-state index < -0.39 is 0 Å². The highest BCUT2D eigenvalue weighted by Crippen LogP contribution is 2.12. The van der Waals surface area contributed by atoms with Crippen molar-refractivity contribution in [3.63, 3.8) is 0 Å². The van der Waals surface area contributed by atoms with Crippen LogP contribution in [0.25, 0.3) is 0 Å². The van der Waals surface area contributed by atoms with Crippen molar-refractivity contribution in [2.45, 2.75) is 40.0 Å². The van der Waals surface area contributed by atoms with E-state index in [1.165, 1.54) is 19.3 Å². The molecule has 0 nitrogen and oxygen atoms in total. The molecule has 0 aromatic rings. The van der Waals surface area contributed by atoms with Gasteiger partial charge in [-0.1, -0.05) is 38.5 Å². The van der Waals surface area contributed by atoms with E-state index in [1.54, 1.807) is 0 Å². The molecule has 0 fully saturated rings. The second kappa shape index (κ2) is 7.48. The Kier molecular flexibility index (Phi) is 7.37. The lowest BCUT2D eigenvalue weighted by molar-refractivity contribution is 0.563. The molecule has 0 radical (unpaired) electrons. The minimum atomic E-state index is 0.749. The predicted molar refractivity (Wildman–Crippen MR) is 60.6 cm³/mol. The maximum atomic E-state index is 4.19. The average Bonchev–Trinajstić information content (AvgIpc) is 2.02. The highest BCUT2D eigenvalue weighted by atomic mass is 32.1. The van der Waals surface area contributed by atoms with E-state index in [2.05, 4.69) is 38.6 Å². The van der Waals surface area contributed by atoms with Crippen LogP contribution in [0.1, 0.15) is 40.0 Å². The summed E-state index contributed by atoms with van der Waals surface area (Å²) in [5.41, 5.74) is 0. The first kappa shape index (κ1) is 11.8. The van der Waals surface area contributed by atoms with Gasteiger partial charge in [-0.2, -0.15) is 0 Å². The van der Waals surface area contributed by atoms with Crippen LogP contribution in [0.2, 0.25) is 0 Å². The van der Waals surface area contributed by atoms with Crippen molar-refractivity contribution >= 4 is 12.6 Å². The van der Waals surface area contributed by atoms with E-state index in [-0.39, 0.29) is 0 Å². The molecule has 70 valence electrons. The number of thiol groups is 1. The second-order valence-electron chi connectivity index (χ2n) is 3.15. The molecule has 0 spiro atoms. The van der Waals surface area contributed by atoms with Crippen molar-refractivity contribution in [2.24, 2.45) is 5.92 Å². The smallest absolute Gasteiger partial charge is 0.0215 e. The zero-order chi connectivity index (χ0) is 9.40. The number of hydrogen-bond donors (Lipinski definition) is 1. The van der Waals surface area contributed by atoms with Gasteiger partial charge in [-0.3, -0.25) is 0 Å².